The number of carbonyl (C=O) groups excluding carboxylic acids is 2. The Hall–Kier alpha value is -2.86. The van der Waals surface area contributed by atoms with E-state index in [1.165, 1.54) is 0 Å². The summed E-state index contributed by atoms with van der Waals surface area (Å²) in [6, 6.07) is 14.9. The van der Waals surface area contributed by atoms with Gasteiger partial charge in [-0.3, -0.25) is 9.59 Å². The zero-order valence-corrected chi connectivity index (χ0v) is 18.1. The van der Waals surface area contributed by atoms with Gasteiger partial charge in [-0.25, -0.2) is 0 Å². The summed E-state index contributed by atoms with van der Waals surface area (Å²) in [5, 5.41) is 3.04. The summed E-state index contributed by atoms with van der Waals surface area (Å²) in [4.78, 5) is 28.0. The van der Waals surface area contributed by atoms with E-state index in [9.17, 15) is 9.59 Å². The maximum Gasteiger partial charge on any atom is 0.227 e. The van der Waals surface area contributed by atoms with Gasteiger partial charge in [-0.05, 0) is 50.1 Å². The normalized spacial score (nSPS) is 20.0. The largest absolute Gasteiger partial charge is 0.497 e. The van der Waals surface area contributed by atoms with Gasteiger partial charge in [-0.1, -0.05) is 29.8 Å². The van der Waals surface area contributed by atoms with Gasteiger partial charge in [0.2, 0.25) is 11.8 Å². The molecule has 1 aliphatic heterocycles. The maximum atomic E-state index is 13.2. The Kier molecular flexibility index (Phi) is 7.11. The van der Waals surface area contributed by atoms with E-state index in [1.807, 2.05) is 62.4 Å². The Morgan fingerprint density at radius 3 is 2.40 bits per heavy atom. The van der Waals surface area contributed by atoms with Gasteiger partial charge < -0.3 is 19.7 Å². The third kappa shape index (κ3) is 4.82. The summed E-state index contributed by atoms with van der Waals surface area (Å²) < 4.78 is 10.4. The van der Waals surface area contributed by atoms with Crippen molar-refractivity contribution < 1.29 is 19.1 Å². The fraction of sp³-hybridized carbons (Fsp3) is 0.417. The van der Waals surface area contributed by atoms with Crippen LogP contribution in [0.3, 0.4) is 0 Å². The molecule has 3 unspecified atom stereocenters. The van der Waals surface area contributed by atoms with Gasteiger partial charge in [-0.15, -0.1) is 0 Å². The minimum Gasteiger partial charge on any atom is -0.497 e. The second kappa shape index (κ2) is 9.76. The molecule has 1 fully saturated rings. The molecule has 0 bridgehead atoms. The molecular weight excluding hydrogens is 380 g/mol. The highest BCUT2D eigenvalue weighted by molar-refractivity contribution is 5.97. The number of nitrogens with zero attached hydrogens (tertiary/aromatic N) is 1. The van der Waals surface area contributed by atoms with Crippen LogP contribution in [-0.2, 0) is 14.3 Å². The minimum atomic E-state index is -0.394. The number of nitrogens with one attached hydrogen (secondary N) is 1. The zero-order chi connectivity index (χ0) is 21.7. The minimum absolute atomic E-state index is 0.0219. The van der Waals surface area contributed by atoms with Gasteiger partial charge in [0.15, 0.2) is 0 Å². The van der Waals surface area contributed by atoms with Crippen molar-refractivity contribution >= 4 is 17.5 Å². The van der Waals surface area contributed by atoms with Crippen LogP contribution in [0.15, 0.2) is 48.5 Å². The van der Waals surface area contributed by atoms with Crippen molar-refractivity contribution in [3.8, 4) is 5.75 Å². The van der Waals surface area contributed by atoms with Crippen LogP contribution >= 0.6 is 0 Å². The summed E-state index contributed by atoms with van der Waals surface area (Å²) >= 11 is 0. The molecule has 0 spiro atoms. The number of methoxy groups -OCH3 is 2. The Bertz CT molecular complexity index is 864. The van der Waals surface area contributed by atoms with E-state index in [0.717, 1.165) is 22.6 Å². The smallest absolute Gasteiger partial charge is 0.227 e. The van der Waals surface area contributed by atoms with E-state index < -0.39 is 6.04 Å². The molecule has 160 valence electrons. The third-order valence-electron chi connectivity index (χ3n) is 5.51. The topological polar surface area (TPSA) is 67.9 Å². The number of rotatable bonds is 7. The van der Waals surface area contributed by atoms with Crippen LogP contribution < -0.4 is 15.0 Å². The first-order valence-electron chi connectivity index (χ1n) is 10.3. The van der Waals surface area contributed by atoms with Crippen LogP contribution in [0.2, 0.25) is 0 Å². The number of piperidine rings is 1. The molecule has 6 nitrogen and oxygen atoms in total. The number of aryl methyl sites for hydroxylation is 1. The van der Waals surface area contributed by atoms with Crippen molar-refractivity contribution in [2.45, 2.75) is 38.8 Å². The Balaban J connectivity index is 2.00. The summed E-state index contributed by atoms with van der Waals surface area (Å²) in [5.74, 6) is 0.327. The molecule has 6 heteroatoms. The molecule has 3 atom stereocenters. The number of hydrogen-bond donors (Lipinski definition) is 1. The summed E-state index contributed by atoms with van der Waals surface area (Å²) in [6.45, 7) is 4.36. The van der Waals surface area contributed by atoms with Gasteiger partial charge >= 0.3 is 0 Å². The quantitative estimate of drug-likeness (QED) is 0.757. The predicted molar refractivity (Wildman–Crippen MR) is 117 cm³/mol. The lowest BCUT2D eigenvalue weighted by atomic mass is 9.83. The molecule has 1 aliphatic rings. The number of benzene rings is 2. The maximum absolute atomic E-state index is 13.2. The van der Waals surface area contributed by atoms with Gasteiger partial charge in [0.05, 0.1) is 25.7 Å². The van der Waals surface area contributed by atoms with Gasteiger partial charge in [0.25, 0.3) is 0 Å². The molecule has 3 rings (SSSR count). The predicted octanol–water partition coefficient (Wildman–Crippen LogP) is 3.64. The molecule has 0 aliphatic carbocycles. The molecule has 1 saturated heterocycles. The highest BCUT2D eigenvalue weighted by Crippen LogP contribution is 2.40. The molecule has 2 amide bonds. The first-order chi connectivity index (χ1) is 14.4. The van der Waals surface area contributed by atoms with Gasteiger partial charge in [0.1, 0.15) is 5.75 Å². The Morgan fingerprint density at radius 1 is 1.13 bits per heavy atom. The molecule has 1 heterocycles. The summed E-state index contributed by atoms with van der Waals surface area (Å²) in [7, 11) is 3.23. The molecule has 1 N–H and O–H groups in total. The number of amides is 2. The van der Waals surface area contributed by atoms with E-state index in [2.05, 4.69) is 5.32 Å². The standard InChI is InChI=1S/C24H30N2O4/c1-16-5-9-19(10-6-16)26-22(27)14-13-21(24(28)25-17(2)15-29-3)23(26)18-7-11-20(30-4)12-8-18/h5-12,17,21,23H,13-15H2,1-4H3,(H,25,28). The lowest BCUT2D eigenvalue weighted by Gasteiger charge is -2.41. The van der Waals surface area contributed by atoms with Gasteiger partial charge in [-0.2, -0.15) is 0 Å². The van der Waals surface area contributed by atoms with Crippen molar-refractivity contribution in [2.75, 3.05) is 25.7 Å². The second-order valence-electron chi connectivity index (χ2n) is 7.83. The lowest BCUT2D eigenvalue weighted by molar-refractivity contribution is -0.130. The monoisotopic (exact) mass is 410 g/mol. The van der Waals surface area contributed by atoms with E-state index in [1.54, 1.807) is 19.1 Å². The fourth-order valence-corrected chi connectivity index (χ4v) is 4.00. The molecule has 2 aromatic carbocycles. The molecule has 0 aromatic heterocycles. The average molecular weight is 411 g/mol. The number of ether oxygens (including phenoxy) is 2. The summed E-state index contributed by atoms with van der Waals surface area (Å²) in [6.07, 6.45) is 0.834. The highest BCUT2D eigenvalue weighted by atomic mass is 16.5. The molecular formula is C24H30N2O4. The second-order valence-corrected chi connectivity index (χ2v) is 7.83. The Labute approximate surface area is 178 Å². The van der Waals surface area contributed by atoms with E-state index in [4.69, 9.17) is 9.47 Å². The van der Waals surface area contributed by atoms with Crippen molar-refractivity contribution in [3.63, 3.8) is 0 Å². The van der Waals surface area contributed by atoms with Gasteiger partial charge in [0, 0.05) is 25.3 Å². The van der Waals surface area contributed by atoms with Crippen molar-refractivity contribution in [3.05, 3.63) is 59.7 Å². The van der Waals surface area contributed by atoms with Crippen LogP contribution in [0.1, 0.15) is 36.9 Å². The van der Waals surface area contributed by atoms with Crippen LogP contribution in [0.4, 0.5) is 5.69 Å². The first kappa shape index (κ1) is 21.8. The van der Waals surface area contributed by atoms with Crippen molar-refractivity contribution in [1.29, 1.82) is 0 Å². The van der Waals surface area contributed by atoms with Crippen LogP contribution in [0.25, 0.3) is 0 Å². The van der Waals surface area contributed by atoms with Crippen LogP contribution in [0, 0.1) is 12.8 Å². The third-order valence-corrected chi connectivity index (χ3v) is 5.51. The lowest BCUT2D eigenvalue weighted by Crippen LogP contribution is -2.50. The molecule has 2 aromatic rings. The first-order valence-corrected chi connectivity index (χ1v) is 10.3. The fourth-order valence-electron chi connectivity index (χ4n) is 4.00. The highest BCUT2D eigenvalue weighted by Gasteiger charge is 2.41. The van der Waals surface area contributed by atoms with Crippen molar-refractivity contribution in [1.82, 2.24) is 5.32 Å². The average Bonchev–Trinajstić information content (AvgIpc) is 2.74. The number of carbonyl (C=O) groups is 2. The molecule has 30 heavy (non-hydrogen) atoms. The van der Waals surface area contributed by atoms with E-state index in [-0.39, 0.29) is 23.8 Å². The van der Waals surface area contributed by atoms with E-state index in [0.29, 0.717) is 19.4 Å². The zero-order valence-electron chi connectivity index (χ0n) is 18.1. The molecule has 0 saturated carbocycles. The SMILES string of the molecule is COCC(C)NC(=O)C1CCC(=O)N(c2ccc(C)cc2)C1c1ccc(OC)cc1. The number of hydrogen-bond acceptors (Lipinski definition) is 4. The van der Waals surface area contributed by atoms with E-state index >= 15 is 0 Å². The van der Waals surface area contributed by atoms with Crippen LogP contribution in [0.5, 0.6) is 5.75 Å². The summed E-state index contributed by atoms with van der Waals surface area (Å²) in [5.41, 5.74) is 2.82. The van der Waals surface area contributed by atoms with Crippen molar-refractivity contribution in [2.24, 2.45) is 5.92 Å². The molecule has 0 radical (unpaired) electrons. The van der Waals surface area contributed by atoms with Crippen LogP contribution in [-0.4, -0.2) is 38.7 Å². The number of anilines is 1. The Morgan fingerprint density at radius 2 is 1.80 bits per heavy atom.